The summed E-state index contributed by atoms with van der Waals surface area (Å²) < 4.78 is 10.4. The van der Waals surface area contributed by atoms with E-state index in [0.717, 1.165) is 18.1 Å². The Morgan fingerprint density at radius 2 is 1.62 bits per heavy atom. The van der Waals surface area contributed by atoms with Gasteiger partial charge in [-0.15, -0.1) is 24.0 Å². The van der Waals surface area contributed by atoms with Crippen LogP contribution < -0.4 is 20.1 Å². The number of halogens is 1. The number of rotatable bonds is 7. The van der Waals surface area contributed by atoms with Crippen LogP contribution in [0.5, 0.6) is 17.2 Å². The number of methoxy groups -OCH3 is 2. The van der Waals surface area contributed by atoms with Crippen LogP contribution in [-0.4, -0.2) is 31.8 Å². The monoisotopic (exact) mass is 471 g/mol. The van der Waals surface area contributed by atoms with Crippen LogP contribution in [-0.2, 0) is 13.1 Å². The molecule has 0 unspecified atom stereocenters. The zero-order valence-corrected chi connectivity index (χ0v) is 17.6. The maximum atomic E-state index is 9.97. The molecule has 26 heavy (non-hydrogen) atoms. The second-order valence-corrected chi connectivity index (χ2v) is 5.38. The summed E-state index contributed by atoms with van der Waals surface area (Å²) in [7, 11) is 3.01. The number of aliphatic imine (C=N–C) groups is 1. The first-order valence-electron chi connectivity index (χ1n) is 8.17. The largest absolute Gasteiger partial charge is 0.502 e. The predicted molar refractivity (Wildman–Crippen MR) is 115 cm³/mol. The van der Waals surface area contributed by atoms with Crippen molar-refractivity contribution in [1.29, 1.82) is 0 Å². The molecule has 3 N–H and O–H groups in total. The van der Waals surface area contributed by atoms with Crippen molar-refractivity contribution in [2.75, 3.05) is 20.8 Å². The van der Waals surface area contributed by atoms with Crippen molar-refractivity contribution in [2.45, 2.75) is 20.0 Å². The van der Waals surface area contributed by atoms with Gasteiger partial charge in [-0.05, 0) is 30.2 Å². The summed E-state index contributed by atoms with van der Waals surface area (Å²) in [6.07, 6.45) is 0. The molecule has 0 aliphatic heterocycles. The Morgan fingerprint density at radius 1 is 1.00 bits per heavy atom. The van der Waals surface area contributed by atoms with E-state index in [-0.39, 0.29) is 29.7 Å². The third-order valence-corrected chi connectivity index (χ3v) is 3.61. The summed E-state index contributed by atoms with van der Waals surface area (Å²) in [6, 6.07) is 13.6. The van der Waals surface area contributed by atoms with E-state index >= 15 is 0 Å². The van der Waals surface area contributed by atoms with Crippen LogP contribution in [0.1, 0.15) is 18.1 Å². The maximum absolute atomic E-state index is 9.97. The molecule has 2 aromatic carbocycles. The van der Waals surface area contributed by atoms with E-state index in [1.165, 1.54) is 19.8 Å². The molecule has 0 fully saturated rings. The van der Waals surface area contributed by atoms with Crippen molar-refractivity contribution in [3.8, 4) is 17.2 Å². The van der Waals surface area contributed by atoms with Crippen molar-refractivity contribution in [2.24, 2.45) is 4.99 Å². The van der Waals surface area contributed by atoms with Crippen LogP contribution in [0.4, 0.5) is 0 Å². The number of phenolic OH excluding ortho intramolecular Hbond substituents is 1. The first kappa shape index (κ1) is 21.9. The Morgan fingerprint density at radius 3 is 2.15 bits per heavy atom. The molecule has 0 heterocycles. The van der Waals surface area contributed by atoms with Gasteiger partial charge in [-0.1, -0.05) is 30.3 Å². The molecule has 2 aromatic rings. The van der Waals surface area contributed by atoms with Crippen LogP contribution in [0.15, 0.2) is 47.5 Å². The highest BCUT2D eigenvalue weighted by Gasteiger charge is 2.11. The number of hydrogen-bond donors (Lipinski definition) is 3. The molecule has 142 valence electrons. The average Bonchev–Trinajstić information content (AvgIpc) is 2.65. The number of benzene rings is 2. The number of hydrogen-bond acceptors (Lipinski definition) is 4. The van der Waals surface area contributed by atoms with Gasteiger partial charge in [-0.3, -0.25) is 0 Å². The van der Waals surface area contributed by atoms with Gasteiger partial charge in [0.1, 0.15) is 0 Å². The van der Waals surface area contributed by atoms with Gasteiger partial charge in [-0.25, -0.2) is 4.99 Å². The third-order valence-electron chi connectivity index (χ3n) is 3.61. The van der Waals surface area contributed by atoms with E-state index in [2.05, 4.69) is 27.8 Å². The van der Waals surface area contributed by atoms with Gasteiger partial charge in [0, 0.05) is 13.1 Å². The Bertz CT molecular complexity index is 683. The highest BCUT2D eigenvalue weighted by atomic mass is 127. The normalized spacial score (nSPS) is 10.7. The van der Waals surface area contributed by atoms with E-state index in [4.69, 9.17) is 9.47 Å². The van der Waals surface area contributed by atoms with E-state index in [9.17, 15) is 5.11 Å². The number of nitrogens with one attached hydrogen (secondary N) is 2. The Labute approximate surface area is 171 Å². The highest BCUT2D eigenvalue weighted by molar-refractivity contribution is 14.0. The van der Waals surface area contributed by atoms with Gasteiger partial charge >= 0.3 is 0 Å². The summed E-state index contributed by atoms with van der Waals surface area (Å²) in [5, 5.41) is 16.5. The van der Waals surface area contributed by atoms with E-state index in [1.54, 1.807) is 12.1 Å². The molecule has 0 amide bonds. The minimum Gasteiger partial charge on any atom is -0.502 e. The first-order chi connectivity index (χ1) is 12.2. The summed E-state index contributed by atoms with van der Waals surface area (Å²) in [6.45, 7) is 3.90. The Kier molecular flexibility index (Phi) is 9.64. The van der Waals surface area contributed by atoms with Gasteiger partial charge in [0.2, 0.25) is 5.75 Å². The fraction of sp³-hybridized carbons (Fsp3) is 0.316. The van der Waals surface area contributed by atoms with Crippen LogP contribution in [0.3, 0.4) is 0 Å². The van der Waals surface area contributed by atoms with Crippen LogP contribution in [0.2, 0.25) is 0 Å². The Hall–Kier alpha value is -2.16. The molecule has 2 rings (SSSR count). The van der Waals surface area contributed by atoms with Crippen LogP contribution in [0.25, 0.3) is 0 Å². The zero-order chi connectivity index (χ0) is 18.1. The molecule has 6 nitrogen and oxygen atoms in total. The molecule has 7 heteroatoms. The molecular formula is C19H26IN3O3. The minimum absolute atomic E-state index is 0. The molecule has 0 saturated heterocycles. The van der Waals surface area contributed by atoms with Crippen LogP contribution >= 0.6 is 24.0 Å². The summed E-state index contributed by atoms with van der Waals surface area (Å²) in [5.41, 5.74) is 2.06. The van der Waals surface area contributed by atoms with Crippen molar-refractivity contribution >= 4 is 29.9 Å². The summed E-state index contributed by atoms with van der Waals surface area (Å²) in [5.74, 6) is 1.45. The average molecular weight is 471 g/mol. The lowest BCUT2D eigenvalue weighted by molar-refractivity contribution is 0.339. The first-order valence-corrected chi connectivity index (χ1v) is 8.17. The standard InChI is InChI=1S/C19H25N3O3.HI/c1-4-20-19(21-12-14-8-6-5-7-9-14)22-13-15-10-16(24-2)18(23)17(11-15)25-3;/h5-11,23H,4,12-13H2,1-3H3,(H2,20,21,22);1H. The lowest BCUT2D eigenvalue weighted by Crippen LogP contribution is -2.36. The van der Waals surface area contributed by atoms with Crippen molar-refractivity contribution < 1.29 is 14.6 Å². The van der Waals surface area contributed by atoms with Gasteiger partial charge < -0.3 is 25.2 Å². The smallest absolute Gasteiger partial charge is 0.200 e. The molecule has 0 aromatic heterocycles. The molecular weight excluding hydrogens is 445 g/mol. The van der Waals surface area contributed by atoms with Crippen molar-refractivity contribution in [3.05, 3.63) is 53.6 Å². The highest BCUT2D eigenvalue weighted by Crippen LogP contribution is 2.37. The predicted octanol–water partition coefficient (Wildman–Crippen LogP) is 3.28. The zero-order valence-electron chi connectivity index (χ0n) is 15.3. The van der Waals surface area contributed by atoms with Gasteiger partial charge in [0.05, 0.1) is 20.8 Å². The lowest BCUT2D eigenvalue weighted by Gasteiger charge is -2.13. The molecule has 0 saturated carbocycles. The fourth-order valence-corrected chi connectivity index (χ4v) is 2.33. The molecule has 0 aliphatic rings. The number of nitrogens with zero attached hydrogens (tertiary/aromatic N) is 1. The van der Waals surface area contributed by atoms with E-state index in [0.29, 0.717) is 24.6 Å². The molecule has 0 atom stereocenters. The van der Waals surface area contributed by atoms with Gasteiger partial charge in [-0.2, -0.15) is 0 Å². The third kappa shape index (κ3) is 6.29. The second kappa shape index (κ2) is 11.5. The number of aromatic hydroxyl groups is 1. The molecule has 0 bridgehead atoms. The Balaban J connectivity index is 0.00000338. The quantitative estimate of drug-likeness (QED) is 0.329. The number of phenols is 1. The van der Waals surface area contributed by atoms with Crippen LogP contribution in [0, 0.1) is 0 Å². The minimum atomic E-state index is -0.00756. The summed E-state index contributed by atoms with van der Waals surface area (Å²) >= 11 is 0. The topological polar surface area (TPSA) is 75.1 Å². The van der Waals surface area contributed by atoms with Crippen molar-refractivity contribution in [3.63, 3.8) is 0 Å². The molecule has 0 spiro atoms. The number of ether oxygens (including phenoxy) is 2. The maximum Gasteiger partial charge on any atom is 0.200 e. The lowest BCUT2D eigenvalue weighted by atomic mass is 10.2. The van der Waals surface area contributed by atoms with E-state index < -0.39 is 0 Å². The van der Waals surface area contributed by atoms with Gasteiger partial charge in [0.25, 0.3) is 0 Å². The second-order valence-electron chi connectivity index (χ2n) is 5.38. The molecule has 0 radical (unpaired) electrons. The SMILES string of the molecule is CCNC(=NCc1cc(OC)c(O)c(OC)c1)NCc1ccccc1.I. The van der Waals surface area contributed by atoms with E-state index in [1.807, 2.05) is 25.1 Å². The molecule has 0 aliphatic carbocycles. The van der Waals surface area contributed by atoms with Crippen molar-refractivity contribution in [1.82, 2.24) is 10.6 Å². The van der Waals surface area contributed by atoms with Gasteiger partial charge in [0.15, 0.2) is 17.5 Å². The summed E-state index contributed by atoms with van der Waals surface area (Å²) in [4.78, 5) is 4.58. The number of guanidine groups is 1. The fourth-order valence-electron chi connectivity index (χ4n) is 2.33.